The molecule has 0 aliphatic carbocycles. The number of carbonyl (C=O) groups excluding carboxylic acids is 4. The number of hydrogen-bond donors (Lipinski definition) is 2. The standard InChI is InChI=1S/C37H61N3O11/c1-23(2)27(16-26-12-13-30(46-10)32(17-26)47-15-11-14-45-9)18-29-31(19-28(24(3)4)33(41)39-20-37(7,8)34(38)42)48-21-40(29)35(43)49-22-50-36(44)51-25(5)6/h12-13,17,23-25,27-29,31H,11,14-16,18-22H2,1-10H3,(H2,38,42)(H,39,41)/t27-,28+,29?,31?/m1/s1. The fourth-order valence-corrected chi connectivity index (χ4v) is 5.72. The smallest absolute Gasteiger partial charge is 0.493 e. The van der Waals surface area contributed by atoms with Gasteiger partial charge in [0.05, 0.1) is 37.4 Å². The van der Waals surface area contributed by atoms with Gasteiger partial charge in [0.15, 0.2) is 11.5 Å². The Labute approximate surface area is 303 Å². The Morgan fingerprint density at radius 2 is 1.69 bits per heavy atom. The maximum atomic E-state index is 13.5. The molecule has 1 aliphatic heterocycles. The summed E-state index contributed by atoms with van der Waals surface area (Å²) in [6, 6.07) is 5.41. The van der Waals surface area contributed by atoms with Crippen molar-refractivity contribution < 1.29 is 52.3 Å². The summed E-state index contributed by atoms with van der Waals surface area (Å²) >= 11 is 0. The number of primary amides is 1. The van der Waals surface area contributed by atoms with Crippen LogP contribution in [0, 0.1) is 29.1 Å². The summed E-state index contributed by atoms with van der Waals surface area (Å²) in [4.78, 5) is 52.2. The van der Waals surface area contributed by atoms with Gasteiger partial charge < -0.3 is 44.2 Å². The number of nitrogens with one attached hydrogen (secondary N) is 1. The van der Waals surface area contributed by atoms with Crippen molar-refractivity contribution in [2.75, 3.05) is 47.5 Å². The van der Waals surface area contributed by atoms with Crippen molar-refractivity contribution in [1.29, 1.82) is 0 Å². The maximum absolute atomic E-state index is 13.5. The van der Waals surface area contributed by atoms with Gasteiger partial charge in [0.25, 0.3) is 0 Å². The summed E-state index contributed by atoms with van der Waals surface area (Å²) in [6.07, 6.45) is -0.315. The Balaban J connectivity index is 2.34. The van der Waals surface area contributed by atoms with E-state index in [1.54, 1.807) is 41.9 Å². The molecule has 14 nitrogen and oxygen atoms in total. The highest BCUT2D eigenvalue weighted by Crippen LogP contribution is 2.36. The summed E-state index contributed by atoms with van der Waals surface area (Å²) in [5, 5.41) is 2.90. The van der Waals surface area contributed by atoms with Crippen LogP contribution in [-0.2, 0) is 39.7 Å². The summed E-state index contributed by atoms with van der Waals surface area (Å²) < 4.78 is 38.1. The molecule has 3 amide bonds. The van der Waals surface area contributed by atoms with Crippen LogP contribution in [0.1, 0.15) is 80.2 Å². The Morgan fingerprint density at radius 1 is 0.980 bits per heavy atom. The lowest BCUT2D eigenvalue weighted by Gasteiger charge is -2.33. The number of rotatable bonds is 21. The van der Waals surface area contributed by atoms with E-state index in [9.17, 15) is 19.2 Å². The van der Waals surface area contributed by atoms with Gasteiger partial charge >= 0.3 is 12.2 Å². The number of ether oxygens (including phenoxy) is 7. The maximum Gasteiger partial charge on any atom is 0.511 e. The van der Waals surface area contributed by atoms with Crippen molar-refractivity contribution in [3.8, 4) is 11.5 Å². The van der Waals surface area contributed by atoms with Crippen LogP contribution in [0.2, 0.25) is 0 Å². The van der Waals surface area contributed by atoms with Crippen LogP contribution in [0.4, 0.5) is 9.59 Å². The monoisotopic (exact) mass is 723 g/mol. The summed E-state index contributed by atoms with van der Waals surface area (Å²) in [6.45, 7) is 15.3. The van der Waals surface area contributed by atoms with E-state index in [1.807, 2.05) is 32.0 Å². The third-order valence-corrected chi connectivity index (χ3v) is 9.15. The van der Waals surface area contributed by atoms with E-state index in [1.165, 1.54) is 4.90 Å². The first-order valence-electron chi connectivity index (χ1n) is 17.7. The number of methoxy groups -OCH3 is 2. The Morgan fingerprint density at radius 3 is 2.27 bits per heavy atom. The minimum Gasteiger partial charge on any atom is -0.493 e. The van der Waals surface area contributed by atoms with Gasteiger partial charge in [0.1, 0.15) is 6.73 Å². The van der Waals surface area contributed by atoms with Gasteiger partial charge in [-0.05, 0) is 82.4 Å². The first kappa shape index (κ1) is 43.4. The second-order valence-corrected chi connectivity index (χ2v) is 14.6. The number of nitrogens with two attached hydrogens (primary N) is 1. The minimum atomic E-state index is -0.948. The van der Waals surface area contributed by atoms with E-state index < -0.39 is 54.5 Å². The van der Waals surface area contributed by atoms with Crippen molar-refractivity contribution >= 4 is 24.1 Å². The molecule has 2 unspecified atom stereocenters. The zero-order valence-corrected chi connectivity index (χ0v) is 32.2. The lowest BCUT2D eigenvalue weighted by Crippen LogP contribution is -2.47. The second-order valence-electron chi connectivity index (χ2n) is 14.6. The summed E-state index contributed by atoms with van der Waals surface area (Å²) in [7, 11) is 3.25. The van der Waals surface area contributed by atoms with Crippen LogP contribution in [0.5, 0.6) is 11.5 Å². The summed E-state index contributed by atoms with van der Waals surface area (Å²) in [5.41, 5.74) is 5.64. The van der Waals surface area contributed by atoms with E-state index in [4.69, 9.17) is 38.9 Å². The van der Waals surface area contributed by atoms with Crippen molar-refractivity contribution in [3.05, 3.63) is 23.8 Å². The van der Waals surface area contributed by atoms with E-state index in [2.05, 4.69) is 19.2 Å². The van der Waals surface area contributed by atoms with E-state index >= 15 is 0 Å². The molecule has 1 fully saturated rings. The molecular weight excluding hydrogens is 662 g/mol. The minimum absolute atomic E-state index is 0.0709. The van der Waals surface area contributed by atoms with Gasteiger partial charge in [-0.25, -0.2) is 9.59 Å². The zero-order valence-electron chi connectivity index (χ0n) is 32.2. The average Bonchev–Trinajstić information content (AvgIpc) is 3.45. The van der Waals surface area contributed by atoms with Crippen LogP contribution < -0.4 is 20.5 Å². The molecule has 1 aliphatic rings. The molecule has 0 bridgehead atoms. The van der Waals surface area contributed by atoms with Gasteiger partial charge in [-0.3, -0.25) is 14.5 Å². The molecule has 14 heteroatoms. The Bertz CT molecular complexity index is 1270. The van der Waals surface area contributed by atoms with E-state index in [0.29, 0.717) is 44.0 Å². The topological polar surface area (TPSA) is 174 Å². The fraction of sp³-hybridized carbons (Fsp3) is 0.730. The van der Waals surface area contributed by atoms with Crippen molar-refractivity contribution in [3.63, 3.8) is 0 Å². The highest BCUT2D eigenvalue weighted by atomic mass is 16.8. The summed E-state index contributed by atoms with van der Waals surface area (Å²) in [5.74, 6) is 0.250. The largest absolute Gasteiger partial charge is 0.511 e. The van der Waals surface area contributed by atoms with E-state index in [0.717, 1.165) is 12.0 Å². The molecular formula is C37H61N3O11. The highest BCUT2D eigenvalue weighted by Gasteiger charge is 2.43. The average molecular weight is 724 g/mol. The molecule has 1 heterocycles. The Kier molecular flexibility index (Phi) is 17.8. The number of benzene rings is 1. The Hall–Kier alpha value is -3.78. The number of hydrogen-bond acceptors (Lipinski definition) is 11. The third kappa shape index (κ3) is 14.0. The van der Waals surface area contributed by atoms with Crippen LogP contribution in [0.25, 0.3) is 0 Å². The molecule has 51 heavy (non-hydrogen) atoms. The van der Waals surface area contributed by atoms with Gasteiger partial charge in [-0.2, -0.15) is 0 Å². The van der Waals surface area contributed by atoms with Gasteiger partial charge in [-0.15, -0.1) is 0 Å². The predicted octanol–water partition coefficient (Wildman–Crippen LogP) is 5.29. The van der Waals surface area contributed by atoms with Gasteiger partial charge in [0.2, 0.25) is 18.6 Å². The lowest BCUT2D eigenvalue weighted by molar-refractivity contribution is -0.130. The lowest BCUT2D eigenvalue weighted by atomic mass is 9.80. The highest BCUT2D eigenvalue weighted by molar-refractivity contribution is 5.83. The van der Waals surface area contributed by atoms with Crippen LogP contribution in [0.15, 0.2) is 18.2 Å². The third-order valence-electron chi connectivity index (χ3n) is 9.15. The molecule has 0 saturated carbocycles. The molecule has 290 valence electrons. The van der Waals surface area contributed by atoms with Gasteiger partial charge in [-0.1, -0.05) is 33.8 Å². The fourth-order valence-electron chi connectivity index (χ4n) is 5.72. The molecule has 0 radical (unpaired) electrons. The molecule has 1 saturated heterocycles. The molecule has 2 rings (SSSR count). The van der Waals surface area contributed by atoms with Crippen molar-refractivity contribution in [2.24, 2.45) is 34.8 Å². The second kappa shape index (κ2) is 20.9. The molecule has 1 aromatic carbocycles. The molecule has 3 N–H and O–H groups in total. The molecule has 4 atom stereocenters. The molecule has 0 spiro atoms. The van der Waals surface area contributed by atoms with Gasteiger partial charge in [0, 0.05) is 32.6 Å². The zero-order chi connectivity index (χ0) is 38.3. The first-order chi connectivity index (χ1) is 24.0. The van der Waals surface area contributed by atoms with Crippen molar-refractivity contribution in [2.45, 2.75) is 99.3 Å². The van der Waals surface area contributed by atoms with E-state index in [-0.39, 0.29) is 36.9 Å². The van der Waals surface area contributed by atoms with Crippen LogP contribution in [-0.4, -0.2) is 94.7 Å². The van der Waals surface area contributed by atoms with Crippen molar-refractivity contribution in [1.82, 2.24) is 10.2 Å². The number of amides is 3. The number of carbonyl (C=O) groups is 4. The quantitative estimate of drug-likeness (QED) is 0.0959. The predicted molar refractivity (Wildman–Crippen MR) is 190 cm³/mol. The SMILES string of the molecule is COCCCOc1cc(C[C@H](CC2C(C[C@H](C(=O)NCC(C)(C)C(N)=O)C(C)C)OCN2C(=O)OCOC(=O)OC(C)C)C(C)C)ccc1OC. The van der Waals surface area contributed by atoms with Crippen LogP contribution in [0.3, 0.4) is 0 Å². The molecule has 0 aromatic heterocycles. The van der Waals surface area contributed by atoms with Crippen LogP contribution >= 0.6 is 0 Å². The first-order valence-corrected chi connectivity index (χ1v) is 17.7. The number of nitrogens with zero attached hydrogens (tertiary/aromatic N) is 1. The molecule has 1 aromatic rings. The normalized spacial score (nSPS) is 17.3.